The predicted molar refractivity (Wildman–Crippen MR) is 77.5 cm³/mol. The molecule has 1 unspecified atom stereocenters. The minimum Gasteiger partial charge on any atom is -0.370 e. The lowest BCUT2D eigenvalue weighted by Crippen LogP contribution is -2.27. The van der Waals surface area contributed by atoms with Crippen molar-refractivity contribution in [3.63, 3.8) is 0 Å². The van der Waals surface area contributed by atoms with E-state index in [2.05, 4.69) is 35.3 Å². The van der Waals surface area contributed by atoms with E-state index < -0.39 is 0 Å². The van der Waals surface area contributed by atoms with E-state index in [4.69, 9.17) is 11.6 Å². The Hall–Kier alpha value is -0.730. The quantitative estimate of drug-likeness (QED) is 0.898. The number of nitrogens with one attached hydrogen (secondary N) is 1. The molecule has 2 nitrogen and oxygen atoms in total. The van der Waals surface area contributed by atoms with E-state index in [9.17, 15) is 0 Å². The largest absolute Gasteiger partial charge is 0.370 e. The van der Waals surface area contributed by atoms with Crippen molar-refractivity contribution in [1.29, 1.82) is 0 Å². The summed E-state index contributed by atoms with van der Waals surface area (Å²) in [5.74, 6) is 0.781. The Bertz CT molecular complexity index is 429. The fourth-order valence-electron chi connectivity index (χ4n) is 2.71. The van der Waals surface area contributed by atoms with E-state index >= 15 is 0 Å². The Morgan fingerprint density at radius 1 is 1.33 bits per heavy atom. The molecule has 1 saturated heterocycles. The van der Waals surface area contributed by atoms with E-state index in [1.807, 2.05) is 0 Å². The molecule has 1 aromatic carbocycles. The first-order chi connectivity index (χ1) is 8.72. The summed E-state index contributed by atoms with van der Waals surface area (Å²) >= 11 is 6.34. The Morgan fingerprint density at radius 2 is 2.17 bits per heavy atom. The molecule has 18 heavy (non-hydrogen) atoms. The molecule has 1 saturated carbocycles. The number of nitrogens with zero attached hydrogens (tertiary/aromatic N) is 1. The lowest BCUT2D eigenvalue weighted by molar-refractivity contribution is 0.515. The monoisotopic (exact) mass is 264 g/mol. The lowest BCUT2D eigenvalue weighted by Gasteiger charge is -2.20. The SMILES string of the molecule is Cc1ccc(N2CCC(CNC3CC3)C2)c(Cl)c1. The van der Waals surface area contributed by atoms with Crippen LogP contribution in [-0.4, -0.2) is 25.7 Å². The maximum Gasteiger partial charge on any atom is 0.0642 e. The summed E-state index contributed by atoms with van der Waals surface area (Å²) in [5, 5.41) is 4.53. The van der Waals surface area contributed by atoms with E-state index in [1.165, 1.54) is 37.1 Å². The van der Waals surface area contributed by atoms with E-state index in [0.717, 1.165) is 30.1 Å². The van der Waals surface area contributed by atoms with Crippen molar-refractivity contribution >= 4 is 17.3 Å². The van der Waals surface area contributed by atoms with E-state index in [0.29, 0.717) is 0 Å². The van der Waals surface area contributed by atoms with Crippen LogP contribution in [0.3, 0.4) is 0 Å². The molecule has 1 N–H and O–H groups in total. The van der Waals surface area contributed by atoms with Crippen LogP contribution in [0.1, 0.15) is 24.8 Å². The van der Waals surface area contributed by atoms with Crippen LogP contribution < -0.4 is 10.2 Å². The highest BCUT2D eigenvalue weighted by atomic mass is 35.5. The molecule has 3 heteroatoms. The third kappa shape index (κ3) is 2.81. The highest BCUT2D eigenvalue weighted by Crippen LogP contribution is 2.31. The van der Waals surface area contributed by atoms with Gasteiger partial charge in [-0.3, -0.25) is 0 Å². The van der Waals surface area contributed by atoms with Crippen molar-refractivity contribution < 1.29 is 0 Å². The fraction of sp³-hybridized carbons (Fsp3) is 0.600. The van der Waals surface area contributed by atoms with Gasteiger partial charge in [0.25, 0.3) is 0 Å². The van der Waals surface area contributed by atoms with Crippen LogP contribution in [0, 0.1) is 12.8 Å². The maximum absolute atomic E-state index is 6.34. The van der Waals surface area contributed by atoms with Gasteiger partial charge < -0.3 is 10.2 Å². The Kier molecular flexibility index (Phi) is 3.49. The third-order valence-electron chi connectivity index (χ3n) is 4.00. The van der Waals surface area contributed by atoms with Crippen molar-refractivity contribution in [2.45, 2.75) is 32.2 Å². The van der Waals surface area contributed by atoms with Crippen LogP contribution in [0.15, 0.2) is 18.2 Å². The smallest absolute Gasteiger partial charge is 0.0642 e. The molecule has 3 rings (SSSR count). The molecule has 1 aliphatic carbocycles. The molecule has 2 aliphatic rings. The van der Waals surface area contributed by atoms with Crippen LogP contribution in [0.2, 0.25) is 5.02 Å². The number of hydrogen-bond donors (Lipinski definition) is 1. The molecule has 0 radical (unpaired) electrons. The van der Waals surface area contributed by atoms with Gasteiger partial charge in [-0.15, -0.1) is 0 Å². The van der Waals surface area contributed by atoms with Gasteiger partial charge in [-0.05, 0) is 56.3 Å². The molecule has 1 aromatic rings. The normalized spacial score (nSPS) is 23.7. The third-order valence-corrected chi connectivity index (χ3v) is 4.31. The van der Waals surface area contributed by atoms with E-state index in [1.54, 1.807) is 0 Å². The highest BCUT2D eigenvalue weighted by molar-refractivity contribution is 6.33. The van der Waals surface area contributed by atoms with E-state index in [-0.39, 0.29) is 0 Å². The van der Waals surface area contributed by atoms with Crippen molar-refractivity contribution in [3.8, 4) is 0 Å². The number of benzene rings is 1. The Morgan fingerprint density at radius 3 is 2.89 bits per heavy atom. The Balaban J connectivity index is 1.59. The first kappa shape index (κ1) is 12.3. The van der Waals surface area contributed by atoms with Gasteiger partial charge in [-0.25, -0.2) is 0 Å². The molecular weight excluding hydrogens is 244 g/mol. The summed E-state index contributed by atoms with van der Waals surface area (Å²) in [7, 11) is 0. The molecule has 2 fully saturated rings. The van der Waals surface area contributed by atoms with Crippen molar-refractivity contribution in [1.82, 2.24) is 5.32 Å². The number of rotatable bonds is 4. The average Bonchev–Trinajstić information content (AvgIpc) is 3.05. The van der Waals surface area contributed by atoms with Gasteiger partial charge in [0.05, 0.1) is 10.7 Å². The van der Waals surface area contributed by atoms with Gasteiger partial charge in [0.1, 0.15) is 0 Å². The second kappa shape index (κ2) is 5.10. The molecule has 1 heterocycles. The molecule has 0 bridgehead atoms. The van der Waals surface area contributed by atoms with Crippen molar-refractivity contribution in [2.75, 3.05) is 24.5 Å². The lowest BCUT2D eigenvalue weighted by atomic mass is 10.1. The summed E-state index contributed by atoms with van der Waals surface area (Å²) in [6, 6.07) is 7.19. The summed E-state index contributed by atoms with van der Waals surface area (Å²) in [6.45, 7) is 5.54. The summed E-state index contributed by atoms with van der Waals surface area (Å²) in [6.07, 6.45) is 4.03. The zero-order chi connectivity index (χ0) is 12.5. The fourth-order valence-corrected chi connectivity index (χ4v) is 3.06. The molecular formula is C15H21ClN2. The molecule has 0 amide bonds. The zero-order valence-electron chi connectivity index (χ0n) is 11.0. The minimum absolute atomic E-state index is 0.781. The van der Waals surface area contributed by atoms with Crippen LogP contribution in [0.25, 0.3) is 0 Å². The summed E-state index contributed by atoms with van der Waals surface area (Å²) in [5.41, 5.74) is 2.44. The van der Waals surface area contributed by atoms with Crippen molar-refractivity contribution in [3.05, 3.63) is 28.8 Å². The van der Waals surface area contributed by atoms with Crippen LogP contribution in [-0.2, 0) is 0 Å². The van der Waals surface area contributed by atoms with Crippen LogP contribution >= 0.6 is 11.6 Å². The first-order valence-corrected chi connectivity index (χ1v) is 7.34. The topological polar surface area (TPSA) is 15.3 Å². The van der Waals surface area contributed by atoms with Gasteiger partial charge >= 0.3 is 0 Å². The molecule has 0 aromatic heterocycles. The van der Waals surface area contributed by atoms with Gasteiger partial charge in [0, 0.05) is 19.1 Å². The first-order valence-electron chi connectivity index (χ1n) is 6.97. The zero-order valence-corrected chi connectivity index (χ0v) is 11.7. The van der Waals surface area contributed by atoms with Crippen LogP contribution in [0.4, 0.5) is 5.69 Å². The molecule has 0 spiro atoms. The Labute approximate surface area is 114 Å². The molecule has 1 aliphatic heterocycles. The summed E-state index contributed by atoms with van der Waals surface area (Å²) < 4.78 is 0. The molecule has 1 atom stereocenters. The minimum atomic E-state index is 0.781. The highest BCUT2D eigenvalue weighted by Gasteiger charge is 2.26. The standard InChI is InChI=1S/C15H21ClN2/c1-11-2-5-15(14(16)8-11)18-7-6-12(10-18)9-17-13-3-4-13/h2,5,8,12-13,17H,3-4,6-7,9-10H2,1H3. The van der Waals surface area contributed by atoms with Crippen molar-refractivity contribution in [2.24, 2.45) is 5.92 Å². The predicted octanol–water partition coefficient (Wildman–Crippen LogP) is 3.23. The second-order valence-corrected chi connectivity index (χ2v) is 6.15. The maximum atomic E-state index is 6.34. The summed E-state index contributed by atoms with van der Waals surface area (Å²) in [4.78, 5) is 2.43. The molecule has 98 valence electrons. The van der Waals surface area contributed by atoms with Gasteiger partial charge in [0.15, 0.2) is 0 Å². The number of hydrogen-bond acceptors (Lipinski definition) is 2. The number of aryl methyl sites for hydroxylation is 1. The van der Waals surface area contributed by atoms with Gasteiger partial charge in [0.2, 0.25) is 0 Å². The van der Waals surface area contributed by atoms with Gasteiger partial charge in [-0.2, -0.15) is 0 Å². The average molecular weight is 265 g/mol. The van der Waals surface area contributed by atoms with Crippen LogP contribution in [0.5, 0.6) is 0 Å². The second-order valence-electron chi connectivity index (χ2n) is 5.74. The number of anilines is 1. The van der Waals surface area contributed by atoms with Gasteiger partial charge in [-0.1, -0.05) is 17.7 Å². The number of halogens is 1.